The molecule has 1 heterocycles. The lowest BCUT2D eigenvalue weighted by molar-refractivity contribution is -0.191. The first kappa shape index (κ1) is 10.8. The summed E-state index contributed by atoms with van der Waals surface area (Å²) in [5, 5.41) is 2.65. The zero-order chi connectivity index (χ0) is 11.1. The molecule has 1 aliphatic carbocycles. The van der Waals surface area contributed by atoms with Gasteiger partial charge in [0.2, 0.25) is 5.91 Å². The molecule has 2 aliphatic rings. The van der Waals surface area contributed by atoms with E-state index < -0.39 is 17.5 Å². The van der Waals surface area contributed by atoms with E-state index in [1.807, 2.05) is 0 Å². The topological polar surface area (TPSA) is 29.1 Å². The first-order valence-electron chi connectivity index (χ1n) is 5.25. The van der Waals surface area contributed by atoms with Gasteiger partial charge in [-0.2, -0.15) is 13.2 Å². The van der Waals surface area contributed by atoms with Crippen LogP contribution in [0.4, 0.5) is 13.2 Å². The van der Waals surface area contributed by atoms with Gasteiger partial charge in [-0.15, -0.1) is 0 Å². The summed E-state index contributed by atoms with van der Waals surface area (Å²) in [5.41, 5.74) is -0.407. The van der Waals surface area contributed by atoms with Crippen LogP contribution in [0.15, 0.2) is 0 Å². The second-order valence-corrected chi connectivity index (χ2v) is 4.79. The highest BCUT2D eigenvalue weighted by Crippen LogP contribution is 2.48. The smallest absolute Gasteiger partial charge is 0.356 e. The number of nitrogens with one attached hydrogen (secondary N) is 1. The lowest BCUT2D eigenvalue weighted by atomic mass is 9.69. The molecule has 2 atom stereocenters. The van der Waals surface area contributed by atoms with E-state index in [-0.39, 0.29) is 25.2 Å². The van der Waals surface area contributed by atoms with Gasteiger partial charge in [0.1, 0.15) is 0 Å². The van der Waals surface area contributed by atoms with Crippen molar-refractivity contribution in [3.8, 4) is 0 Å². The average Bonchev–Trinajstić information content (AvgIpc) is 2.46. The zero-order valence-corrected chi connectivity index (χ0v) is 8.36. The molecule has 0 bridgehead atoms. The van der Waals surface area contributed by atoms with Crippen molar-refractivity contribution in [2.24, 2.45) is 11.3 Å². The summed E-state index contributed by atoms with van der Waals surface area (Å²) in [6.45, 7) is 0.429. The van der Waals surface area contributed by atoms with E-state index >= 15 is 0 Å². The van der Waals surface area contributed by atoms with E-state index in [0.717, 1.165) is 6.42 Å². The zero-order valence-electron chi connectivity index (χ0n) is 8.36. The molecule has 1 saturated carbocycles. The second-order valence-electron chi connectivity index (χ2n) is 4.79. The fourth-order valence-electron chi connectivity index (χ4n) is 2.80. The maximum absolute atomic E-state index is 12.6. The maximum atomic E-state index is 12.6. The van der Waals surface area contributed by atoms with Gasteiger partial charge in [-0.25, -0.2) is 0 Å². The van der Waals surface area contributed by atoms with Crippen LogP contribution in [0.5, 0.6) is 0 Å². The van der Waals surface area contributed by atoms with Crippen LogP contribution >= 0.6 is 0 Å². The molecule has 2 nitrogen and oxygen atoms in total. The van der Waals surface area contributed by atoms with Crippen LogP contribution in [0.2, 0.25) is 0 Å². The standard InChI is InChI=1S/C10H14F3NO/c11-10(12,13)7-2-1-3-9(4-7)5-8(15)14-6-9/h7H,1-6H2,(H,14,15). The van der Waals surface area contributed by atoms with Gasteiger partial charge in [-0.05, 0) is 24.7 Å². The molecule has 1 amide bonds. The normalized spacial score (nSPS) is 37.0. The number of rotatable bonds is 0. The predicted octanol–water partition coefficient (Wildman–Crippen LogP) is 2.25. The van der Waals surface area contributed by atoms with Crippen LogP contribution in [-0.4, -0.2) is 18.6 Å². The molecule has 1 aliphatic heterocycles. The van der Waals surface area contributed by atoms with Crippen molar-refractivity contribution in [2.45, 2.75) is 38.3 Å². The van der Waals surface area contributed by atoms with Crippen LogP contribution in [0.1, 0.15) is 32.1 Å². The number of hydrogen-bond acceptors (Lipinski definition) is 1. The highest BCUT2D eigenvalue weighted by atomic mass is 19.4. The number of carbonyl (C=O) groups is 1. The van der Waals surface area contributed by atoms with Crippen molar-refractivity contribution in [3.05, 3.63) is 0 Å². The molecule has 5 heteroatoms. The van der Waals surface area contributed by atoms with Gasteiger partial charge in [-0.3, -0.25) is 4.79 Å². The Hall–Kier alpha value is -0.740. The average molecular weight is 221 g/mol. The Labute approximate surface area is 86.2 Å². The quantitative estimate of drug-likeness (QED) is 0.667. The minimum atomic E-state index is -4.10. The van der Waals surface area contributed by atoms with E-state index in [1.165, 1.54) is 0 Å². The fourth-order valence-corrected chi connectivity index (χ4v) is 2.80. The third-order valence-electron chi connectivity index (χ3n) is 3.60. The lowest BCUT2D eigenvalue weighted by Gasteiger charge is -2.37. The summed E-state index contributed by atoms with van der Waals surface area (Å²) in [4.78, 5) is 11.1. The summed E-state index contributed by atoms with van der Waals surface area (Å²) in [6, 6.07) is 0. The summed E-state index contributed by atoms with van der Waals surface area (Å²) in [7, 11) is 0. The molecule has 2 fully saturated rings. The van der Waals surface area contributed by atoms with Gasteiger partial charge >= 0.3 is 6.18 Å². The minimum absolute atomic E-state index is 0.0992. The maximum Gasteiger partial charge on any atom is 0.391 e. The highest BCUT2D eigenvalue weighted by Gasteiger charge is 2.49. The van der Waals surface area contributed by atoms with Crippen molar-refractivity contribution >= 4 is 5.91 Å². The van der Waals surface area contributed by atoms with Crippen molar-refractivity contribution in [2.75, 3.05) is 6.54 Å². The Morgan fingerprint density at radius 1 is 1.40 bits per heavy atom. The predicted molar refractivity (Wildman–Crippen MR) is 48.1 cm³/mol. The summed E-state index contributed by atoms with van der Waals surface area (Å²) >= 11 is 0. The summed E-state index contributed by atoms with van der Waals surface area (Å²) < 4.78 is 37.7. The van der Waals surface area contributed by atoms with E-state index in [2.05, 4.69) is 5.32 Å². The Morgan fingerprint density at radius 3 is 2.67 bits per heavy atom. The Kier molecular flexibility index (Phi) is 2.43. The summed E-state index contributed by atoms with van der Waals surface area (Å²) in [6.07, 6.45) is -2.15. The van der Waals surface area contributed by atoms with E-state index in [0.29, 0.717) is 13.0 Å². The lowest BCUT2D eigenvalue weighted by Crippen LogP contribution is -2.36. The van der Waals surface area contributed by atoms with Crippen LogP contribution < -0.4 is 5.32 Å². The molecule has 0 aromatic carbocycles. The van der Waals surface area contributed by atoms with Gasteiger partial charge in [0, 0.05) is 13.0 Å². The molecular formula is C10H14F3NO. The van der Waals surface area contributed by atoms with Gasteiger partial charge in [0.05, 0.1) is 5.92 Å². The van der Waals surface area contributed by atoms with E-state index in [4.69, 9.17) is 0 Å². The third-order valence-corrected chi connectivity index (χ3v) is 3.60. The fraction of sp³-hybridized carbons (Fsp3) is 0.900. The van der Waals surface area contributed by atoms with Gasteiger partial charge < -0.3 is 5.32 Å². The number of alkyl halides is 3. The number of amides is 1. The van der Waals surface area contributed by atoms with Crippen molar-refractivity contribution in [1.29, 1.82) is 0 Å². The molecular weight excluding hydrogens is 207 g/mol. The number of halogens is 3. The molecule has 2 rings (SSSR count). The van der Waals surface area contributed by atoms with Gasteiger partial charge in [-0.1, -0.05) is 6.42 Å². The highest BCUT2D eigenvalue weighted by molar-refractivity contribution is 5.79. The Bertz CT molecular complexity index is 276. The number of carbonyl (C=O) groups excluding carboxylic acids is 1. The molecule has 1 spiro atoms. The molecule has 0 aromatic heterocycles. The molecule has 15 heavy (non-hydrogen) atoms. The van der Waals surface area contributed by atoms with Crippen molar-refractivity contribution in [1.82, 2.24) is 5.32 Å². The van der Waals surface area contributed by atoms with Crippen LogP contribution in [0.25, 0.3) is 0 Å². The van der Waals surface area contributed by atoms with E-state index in [1.54, 1.807) is 0 Å². The minimum Gasteiger partial charge on any atom is -0.356 e. The molecule has 2 unspecified atom stereocenters. The van der Waals surface area contributed by atoms with Gasteiger partial charge in [0.25, 0.3) is 0 Å². The molecule has 86 valence electrons. The number of hydrogen-bond donors (Lipinski definition) is 1. The van der Waals surface area contributed by atoms with Crippen molar-refractivity contribution < 1.29 is 18.0 Å². The molecule has 1 N–H and O–H groups in total. The van der Waals surface area contributed by atoms with Gasteiger partial charge in [0.15, 0.2) is 0 Å². The van der Waals surface area contributed by atoms with Crippen LogP contribution in [0.3, 0.4) is 0 Å². The van der Waals surface area contributed by atoms with Crippen LogP contribution in [-0.2, 0) is 4.79 Å². The molecule has 0 radical (unpaired) electrons. The Balaban J connectivity index is 2.07. The third kappa shape index (κ3) is 2.11. The SMILES string of the molecule is O=C1CC2(CCCC(C(F)(F)F)C2)CN1. The molecule has 1 saturated heterocycles. The first-order chi connectivity index (χ1) is 6.91. The van der Waals surface area contributed by atoms with E-state index in [9.17, 15) is 18.0 Å². The molecule has 0 aromatic rings. The monoisotopic (exact) mass is 221 g/mol. The second kappa shape index (κ2) is 3.39. The first-order valence-corrected chi connectivity index (χ1v) is 5.25. The van der Waals surface area contributed by atoms with Crippen LogP contribution in [0, 0.1) is 11.3 Å². The van der Waals surface area contributed by atoms with Crippen molar-refractivity contribution in [3.63, 3.8) is 0 Å². The largest absolute Gasteiger partial charge is 0.391 e. The summed E-state index contributed by atoms with van der Waals surface area (Å²) in [5.74, 6) is -1.31. The Morgan fingerprint density at radius 2 is 2.13 bits per heavy atom.